The van der Waals surface area contributed by atoms with Crippen LogP contribution in [0.25, 0.3) is 0 Å². The van der Waals surface area contributed by atoms with Gasteiger partial charge in [-0.05, 0) is 31.1 Å². The van der Waals surface area contributed by atoms with Crippen molar-refractivity contribution in [2.24, 2.45) is 16.7 Å². The molecular weight excluding hydrogens is 278 g/mol. The Morgan fingerprint density at radius 3 is 2.45 bits per heavy atom. The standard InChI is InChI=1S/C14H21NO4S/c1-9(2)12(17)15-20(18,19)8-14-6-5-10(7-11(14)16)13(14,3)4/h10H,1,5-8H2,2-4H3,(H,15,17). The van der Waals surface area contributed by atoms with E-state index in [1.54, 1.807) is 0 Å². The number of carbonyl (C=O) groups is 2. The summed E-state index contributed by atoms with van der Waals surface area (Å²) in [5.41, 5.74) is -1.04. The lowest BCUT2D eigenvalue weighted by Crippen LogP contribution is -2.46. The van der Waals surface area contributed by atoms with Crippen molar-refractivity contribution < 1.29 is 18.0 Å². The minimum atomic E-state index is -3.84. The van der Waals surface area contributed by atoms with Gasteiger partial charge in [-0.3, -0.25) is 9.59 Å². The van der Waals surface area contributed by atoms with E-state index in [0.29, 0.717) is 12.8 Å². The molecular formula is C14H21NO4S. The molecule has 6 heteroatoms. The molecule has 0 aromatic heterocycles. The van der Waals surface area contributed by atoms with Crippen LogP contribution in [0.3, 0.4) is 0 Å². The number of fused-ring (bicyclic) bond motifs is 2. The lowest BCUT2D eigenvalue weighted by molar-refractivity contribution is -0.128. The predicted octanol–water partition coefficient (Wildman–Crippen LogP) is 1.40. The maximum Gasteiger partial charge on any atom is 0.259 e. The van der Waals surface area contributed by atoms with Crippen LogP contribution in [-0.4, -0.2) is 25.9 Å². The predicted molar refractivity (Wildman–Crippen MR) is 75.3 cm³/mol. The minimum Gasteiger partial charge on any atom is -0.299 e. The molecule has 2 unspecified atom stereocenters. The van der Waals surface area contributed by atoms with Crippen molar-refractivity contribution in [3.63, 3.8) is 0 Å². The molecule has 2 aliphatic rings. The third-order valence-electron chi connectivity index (χ3n) is 5.21. The number of hydrogen-bond donors (Lipinski definition) is 1. The van der Waals surface area contributed by atoms with Crippen LogP contribution in [-0.2, 0) is 19.6 Å². The molecule has 1 N–H and O–H groups in total. The molecule has 0 aromatic carbocycles. The van der Waals surface area contributed by atoms with Gasteiger partial charge in [0.15, 0.2) is 0 Å². The highest BCUT2D eigenvalue weighted by Gasteiger charge is 2.65. The second-order valence-electron chi connectivity index (χ2n) is 6.64. The SMILES string of the molecule is C=C(C)C(=O)NS(=O)(=O)CC12CCC(CC1=O)C2(C)C. The summed E-state index contributed by atoms with van der Waals surface area (Å²) in [6.07, 6.45) is 1.92. The first kappa shape index (κ1) is 15.2. The molecule has 0 heterocycles. The molecule has 2 atom stereocenters. The molecule has 2 bridgehead atoms. The number of carbonyl (C=O) groups excluding carboxylic acids is 2. The van der Waals surface area contributed by atoms with Gasteiger partial charge in [-0.15, -0.1) is 0 Å². The molecule has 112 valence electrons. The average Bonchev–Trinajstić information content (AvgIpc) is 2.61. The van der Waals surface area contributed by atoms with E-state index in [9.17, 15) is 18.0 Å². The van der Waals surface area contributed by atoms with Crippen molar-refractivity contribution >= 4 is 21.7 Å². The molecule has 0 aromatic rings. The van der Waals surface area contributed by atoms with E-state index in [0.717, 1.165) is 6.42 Å². The maximum atomic E-state index is 12.3. The van der Waals surface area contributed by atoms with Crippen LogP contribution < -0.4 is 4.72 Å². The molecule has 0 saturated heterocycles. The lowest BCUT2D eigenvalue weighted by atomic mass is 9.70. The number of nitrogens with one attached hydrogen (secondary N) is 1. The van der Waals surface area contributed by atoms with Crippen molar-refractivity contribution in [1.82, 2.24) is 4.72 Å². The fourth-order valence-electron chi connectivity index (χ4n) is 3.70. The molecule has 1 amide bonds. The number of ketones is 1. The van der Waals surface area contributed by atoms with Gasteiger partial charge in [-0.25, -0.2) is 13.1 Å². The van der Waals surface area contributed by atoms with Gasteiger partial charge in [0.05, 0.1) is 11.2 Å². The van der Waals surface area contributed by atoms with Crippen molar-refractivity contribution in [3.8, 4) is 0 Å². The van der Waals surface area contributed by atoms with Crippen molar-refractivity contribution in [3.05, 3.63) is 12.2 Å². The molecule has 0 radical (unpaired) electrons. The van der Waals surface area contributed by atoms with E-state index in [-0.39, 0.29) is 28.4 Å². The van der Waals surface area contributed by atoms with Crippen LogP contribution >= 0.6 is 0 Å². The van der Waals surface area contributed by atoms with E-state index in [1.807, 2.05) is 18.6 Å². The highest BCUT2D eigenvalue weighted by molar-refractivity contribution is 7.90. The molecule has 5 nitrogen and oxygen atoms in total. The first-order chi connectivity index (χ1) is 9.02. The smallest absolute Gasteiger partial charge is 0.259 e. The van der Waals surface area contributed by atoms with E-state index in [1.165, 1.54) is 6.92 Å². The zero-order valence-corrected chi connectivity index (χ0v) is 13.0. The van der Waals surface area contributed by atoms with Gasteiger partial charge in [-0.1, -0.05) is 20.4 Å². The van der Waals surface area contributed by atoms with Gasteiger partial charge in [-0.2, -0.15) is 0 Å². The summed E-state index contributed by atoms with van der Waals surface area (Å²) >= 11 is 0. The molecule has 2 saturated carbocycles. The van der Waals surface area contributed by atoms with Crippen LogP contribution in [0.15, 0.2) is 12.2 Å². The van der Waals surface area contributed by atoms with Crippen LogP contribution in [0.2, 0.25) is 0 Å². The van der Waals surface area contributed by atoms with Gasteiger partial charge < -0.3 is 0 Å². The second kappa shape index (κ2) is 4.41. The van der Waals surface area contributed by atoms with Crippen LogP contribution in [0, 0.1) is 16.7 Å². The summed E-state index contributed by atoms with van der Waals surface area (Å²) in [5, 5.41) is 0. The molecule has 2 fully saturated rings. The van der Waals surface area contributed by atoms with Gasteiger partial charge in [0.25, 0.3) is 5.91 Å². The normalized spacial score (nSPS) is 31.4. The van der Waals surface area contributed by atoms with Crippen molar-refractivity contribution in [2.45, 2.75) is 40.0 Å². The number of hydrogen-bond acceptors (Lipinski definition) is 4. The quantitative estimate of drug-likeness (QED) is 0.796. The molecule has 20 heavy (non-hydrogen) atoms. The first-order valence-corrected chi connectivity index (χ1v) is 8.41. The first-order valence-electron chi connectivity index (χ1n) is 6.75. The number of sulfonamides is 1. The summed E-state index contributed by atoms with van der Waals surface area (Å²) < 4.78 is 26.4. The Kier molecular flexibility index (Phi) is 3.36. The maximum absolute atomic E-state index is 12.3. The van der Waals surface area contributed by atoms with Crippen molar-refractivity contribution in [2.75, 3.05) is 5.75 Å². The molecule has 2 aliphatic carbocycles. The van der Waals surface area contributed by atoms with E-state index >= 15 is 0 Å². The number of amides is 1. The zero-order valence-electron chi connectivity index (χ0n) is 12.2. The van der Waals surface area contributed by atoms with Gasteiger partial charge >= 0.3 is 0 Å². The average molecular weight is 299 g/mol. The van der Waals surface area contributed by atoms with Crippen LogP contribution in [0.4, 0.5) is 0 Å². The Hall–Kier alpha value is -1.17. The summed E-state index contributed by atoms with van der Waals surface area (Å²) in [5.74, 6) is -0.741. The highest BCUT2D eigenvalue weighted by Crippen LogP contribution is 2.64. The molecule has 0 spiro atoms. The van der Waals surface area contributed by atoms with Crippen LogP contribution in [0.1, 0.15) is 40.0 Å². The Morgan fingerprint density at radius 1 is 1.45 bits per heavy atom. The Labute approximate surface area is 119 Å². The Bertz CT molecular complexity index is 590. The topological polar surface area (TPSA) is 80.3 Å². The zero-order chi connectivity index (χ0) is 15.3. The summed E-state index contributed by atoms with van der Waals surface area (Å²) in [7, 11) is -3.84. The van der Waals surface area contributed by atoms with Crippen LogP contribution in [0.5, 0.6) is 0 Å². The van der Waals surface area contributed by atoms with E-state index in [4.69, 9.17) is 0 Å². The lowest BCUT2D eigenvalue weighted by Gasteiger charge is -2.36. The summed E-state index contributed by atoms with van der Waals surface area (Å²) in [6, 6.07) is 0. The third kappa shape index (κ3) is 2.10. The fraction of sp³-hybridized carbons (Fsp3) is 0.714. The number of rotatable bonds is 4. The van der Waals surface area contributed by atoms with E-state index in [2.05, 4.69) is 6.58 Å². The largest absolute Gasteiger partial charge is 0.299 e. The summed E-state index contributed by atoms with van der Waals surface area (Å²) in [4.78, 5) is 23.8. The second-order valence-corrected chi connectivity index (χ2v) is 8.36. The monoisotopic (exact) mass is 299 g/mol. The third-order valence-corrected chi connectivity index (χ3v) is 6.58. The van der Waals surface area contributed by atoms with Gasteiger partial charge in [0, 0.05) is 12.0 Å². The fourth-order valence-corrected chi connectivity index (χ4v) is 5.55. The molecule has 0 aliphatic heterocycles. The minimum absolute atomic E-state index is 0.0203. The Balaban J connectivity index is 2.27. The van der Waals surface area contributed by atoms with Gasteiger partial charge in [0.2, 0.25) is 10.0 Å². The highest BCUT2D eigenvalue weighted by atomic mass is 32.2. The van der Waals surface area contributed by atoms with Crippen molar-refractivity contribution in [1.29, 1.82) is 0 Å². The summed E-state index contributed by atoms with van der Waals surface area (Å²) in [6.45, 7) is 8.79. The molecule has 2 rings (SSSR count). The Morgan fingerprint density at radius 2 is 2.05 bits per heavy atom. The van der Waals surface area contributed by atoms with Gasteiger partial charge in [0.1, 0.15) is 5.78 Å². The van der Waals surface area contributed by atoms with E-state index < -0.39 is 21.3 Å². The number of Topliss-reactive ketones (excluding diaryl/α,β-unsaturated/α-hetero) is 1.